The third-order valence-electron chi connectivity index (χ3n) is 2.83. The Morgan fingerprint density at radius 1 is 1.35 bits per heavy atom. The van der Waals surface area contributed by atoms with E-state index in [2.05, 4.69) is 13.8 Å². The normalized spacial score (nSPS) is 13.8. The molecule has 0 aliphatic rings. The van der Waals surface area contributed by atoms with E-state index in [-0.39, 0.29) is 13.0 Å². The summed E-state index contributed by atoms with van der Waals surface area (Å²) >= 11 is 0. The van der Waals surface area contributed by atoms with Crippen molar-refractivity contribution in [2.45, 2.75) is 38.7 Å². The molecule has 0 aliphatic heterocycles. The molecular weight excluding hydrogens is 214 g/mol. The van der Waals surface area contributed by atoms with Crippen molar-refractivity contribution < 1.29 is 9.84 Å². The molecule has 0 aliphatic carbocycles. The molecule has 0 spiro atoms. The van der Waals surface area contributed by atoms with Gasteiger partial charge in [-0.05, 0) is 30.0 Å². The molecule has 0 bridgehead atoms. The maximum Gasteiger partial charge on any atom is 0.119 e. The van der Waals surface area contributed by atoms with Gasteiger partial charge in [0.05, 0.1) is 12.5 Å². The van der Waals surface area contributed by atoms with Gasteiger partial charge in [0.25, 0.3) is 0 Å². The van der Waals surface area contributed by atoms with Crippen LogP contribution in [0.25, 0.3) is 0 Å². The van der Waals surface area contributed by atoms with Crippen molar-refractivity contribution in [1.82, 2.24) is 0 Å². The summed E-state index contributed by atoms with van der Waals surface area (Å²) in [7, 11) is 0. The van der Waals surface area contributed by atoms with Gasteiger partial charge in [0.2, 0.25) is 0 Å². The summed E-state index contributed by atoms with van der Waals surface area (Å²) in [6.07, 6.45) is 0.501. The predicted molar refractivity (Wildman–Crippen MR) is 66.9 cm³/mol. The molecule has 1 aromatic rings. The molecule has 0 saturated carbocycles. The van der Waals surface area contributed by atoms with Gasteiger partial charge in [-0.25, -0.2) is 0 Å². The molecule has 92 valence electrons. The number of benzene rings is 1. The van der Waals surface area contributed by atoms with Crippen molar-refractivity contribution in [3.05, 3.63) is 29.8 Å². The minimum Gasteiger partial charge on any atom is -0.491 e. The first-order valence-corrected chi connectivity index (χ1v) is 5.95. The van der Waals surface area contributed by atoms with Crippen LogP contribution in [0.4, 0.5) is 0 Å². The van der Waals surface area contributed by atoms with Crippen molar-refractivity contribution in [2.75, 3.05) is 6.61 Å². The van der Waals surface area contributed by atoms with E-state index in [0.29, 0.717) is 5.92 Å². The van der Waals surface area contributed by atoms with Gasteiger partial charge in [-0.1, -0.05) is 26.0 Å². The SMILES string of the molecule is CC[C@H](C)c1ccc(OC[C@H](O)CC#N)cc1. The Hall–Kier alpha value is -1.53. The van der Waals surface area contributed by atoms with E-state index < -0.39 is 6.10 Å². The molecule has 0 unspecified atom stereocenters. The Balaban J connectivity index is 2.49. The molecule has 0 saturated heterocycles. The molecule has 0 heterocycles. The summed E-state index contributed by atoms with van der Waals surface area (Å²) in [5.41, 5.74) is 1.29. The number of hydrogen-bond donors (Lipinski definition) is 1. The summed E-state index contributed by atoms with van der Waals surface area (Å²) in [5.74, 6) is 1.28. The Labute approximate surface area is 103 Å². The first-order chi connectivity index (χ1) is 8.17. The van der Waals surface area contributed by atoms with Crippen LogP contribution in [-0.4, -0.2) is 17.8 Å². The second-order valence-corrected chi connectivity index (χ2v) is 4.21. The summed E-state index contributed by atoms with van der Waals surface area (Å²) in [4.78, 5) is 0. The zero-order valence-corrected chi connectivity index (χ0v) is 10.4. The molecule has 3 nitrogen and oxygen atoms in total. The van der Waals surface area contributed by atoms with E-state index in [1.165, 1.54) is 5.56 Å². The number of hydrogen-bond acceptors (Lipinski definition) is 3. The van der Waals surface area contributed by atoms with Crippen LogP contribution in [0, 0.1) is 11.3 Å². The van der Waals surface area contributed by atoms with Crippen LogP contribution in [0.2, 0.25) is 0 Å². The summed E-state index contributed by atoms with van der Waals surface area (Å²) in [5, 5.41) is 17.7. The van der Waals surface area contributed by atoms with Crippen molar-refractivity contribution in [1.29, 1.82) is 5.26 Å². The maximum atomic E-state index is 9.34. The standard InChI is InChI=1S/C14H19NO2/c1-3-11(2)12-4-6-14(7-5-12)17-10-13(16)8-9-15/h4-7,11,13,16H,3,8,10H2,1-2H3/t11-,13+/m0/s1. The monoisotopic (exact) mass is 233 g/mol. The molecule has 0 fully saturated rings. The van der Waals surface area contributed by atoms with E-state index in [0.717, 1.165) is 12.2 Å². The first-order valence-electron chi connectivity index (χ1n) is 5.95. The van der Waals surface area contributed by atoms with Crippen LogP contribution in [0.5, 0.6) is 5.75 Å². The van der Waals surface area contributed by atoms with Crippen LogP contribution in [-0.2, 0) is 0 Å². The van der Waals surface area contributed by atoms with E-state index >= 15 is 0 Å². The lowest BCUT2D eigenvalue weighted by Gasteiger charge is -2.12. The van der Waals surface area contributed by atoms with Gasteiger partial charge in [-0.3, -0.25) is 0 Å². The zero-order valence-electron chi connectivity index (χ0n) is 10.4. The number of nitrogens with zero attached hydrogens (tertiary/aromatic N) is 1. The van der Waals surface area contributed by atoms with Crippen molar-refractivity contribution in [3.8, 4) is 11.8 Å². The molecule has 2 atom stereocenters. The van der Waals surface area contributed by atoms with Crippen LogP contribution in [0.3, 0.4) is 0 Å². The second-order valence-electron chi connectivity index (χ2n) is 4.21. The van der Waals surface area contributed by atoms with Gasteiger partial charge in [0.1, 0.15) is 18.5 Å². The molecule has 1 aromatic carbocycles. The second kappa shape index (κ2) is 6.93. The fourth-order valence-corrected chi connectivity index (χ4v) is 1.49. The Kier molecular flexibility index (Phi) is 5.51. The zero-order chi connectivity index (χ0) is 12.7. The van der Waals surface area contributed by atoms with Gasteiger partial charge < -0.3 is 9.84 Å². The molecule has 1 rings (SSSR count). The number of ether oxygens (including phenoxy) is 1. The molecule has 0 amide bonds. The third kappa shape index (κ3) is 4.46. The molecule has 1 N–H and O–H groups in total. The lowest BCUT2D eigenvalue weighted by atomic mass is 9.99. The van der Waals surface area contributed by atoms with Crippen molar-refractivity contribution >= 4 is 0 Å². The first kappa shape index (κ1) is 13.5. The Morgan fingerprint density at radius 2 is 2.00 bits per heavy atom. The predicted octanol–water partition coefficient (Wildman–Crippen LogP) is 2.85. The number of rotatable bonds is 6. The molecule has 3 heteroatoms. The van der Waals surface area contributed by atoms with Crippen molar-refractivity contribution in [3.63, 3.8) is 0 Å². The number of aliphatic hydroxyl groups excluding tert-OH is 1. The van der Waals surface area contributed by atoms with E-state index in [4.69, 9.17) is 10.00 Å². The highest BCUT2D eigenvalue weighted by molar-refractivity contribution is 5.29. The van der Waals surface area contributed by atoms with Crippen LogP contribution in [0.15, 0.2) is 24.3 Å². The Morgan fingerprint density at radius 3 is 2.53 bits per heavy atom. The topological polar surface area (TPSA) is 53.2 Å². The summed E-state index contributed by atoms with van der Waals surface area (Å²) in [6.45, 7) is 4.51. The van der Waals surface area contributed by atoms with Crippen molar-refractivity contribution in [2.24, 2.45) is 0 Å². The van der Waals surface area contributed by atoms with Gasteiger partial charge in [-0.15, -0.1) is 0 Å². The van der Waals surface area contributed by atoms with Gasteiger partial charge in [-0.2, -0.15) is 5.26 Å². The molecule has 0 radical (unpaired) electrons. The highest BCUT2D eigenvalue weighted by Crippen LogP contribution is 2.21. The lowest BCUT2D eigenvalue weighted by Crippen LogP contribution is -2.16. The van der Waals surface area contributed by atoms with Crippen LogP contribution in [0.1, 0.15) is 38.2 Å². The van der Waals surface area contributed by atoms with Gasteiger partial charge in [0.15, 0.2) is 0 Å². The maximum absolute atomic E-state index is 9.34. The highest BCUT2D eigenvalue weighted by atomic mass is 16.5. The molecule has 0 aromatic heterocycles. The van der Waals surface area contributed by atoms with Gasteiger partial charge >= 0.3 is 0 Å². The minimum atomic E-state index is -0.714. The highest BCUT2D eigenvalue weighted by Gasteiger charge is 2.05. The molecular formula is C14H19NO2. The van der Waals surface area contributed by atoms with Crippen LogP contribution >= 0.6 is 0 Å². The summed E-state index contributed by atoms with van der Waals surface area (Å²) < 4.78 is 5.39. The van der Waals surface area contributed by atoms with E-state index in [1.807, 2.05) is 30.3 Å². The third-order valence-corrected chi connectivity index (χ3v) is 2.83. The van der Waals surface area contributed by atoms with E-state index in [1.54, 1.807) is 0 Å². The van der Waals surface area contributed by atoms with Crippen LogP contribution < -0.4 is 4.74 Å². The fourth-order valence-electron chi connectivity index (χ4n) is 1.49. The lowest BCUT2D eigenvalue weighted by molar-refractivity contribution is 0.111. The van der Waals surface area contributed by atoms with Gasteiger partial charge in [0, 0.05) is 0 Å². The van der Waals surface area contributed by atoms with E-state index in [9.17, 15) is 5.11 Å². The largest absolute Gasteiger partial charge is 0.491 e. The minimum absolute atomic E-state index is 0.102. The fraction of sp³-hybridized carbons (Fsp3) is 0.500. The quantitative estimate of drug-likeness (QED) is 0.822. The number of aliphatic hydroxyl groups is 1. The number of nitriles is 1. The summed E-state index contributed by atoms with van der Waals surface area (Å²) in [6, 6.07) is 9.80. The average Bonchev–Trinajstić information content (AvgIpc) is 2.36. The average molecular weight is 233 g/mol. The Bertz CT molecular complexity index is 367. The molecule has 17 heavy (non-hydrogen) atoms. The smallest absolute Gasteiger partial charge is 0.119 e.